The van der Waals surface area contributed by atoms with Gasteiger partial charge in [-0.3, -0.25) is 9.59 Å². The monoisotopic (exact) mass is 373 g/mol. The van der Waals surface area contributed by atoms with E-state index in [1.807, 2.05) is 50.1 Å². The van der Waals surface area contributed by atoms with Crippen molar-refractivity contribution in [3.8, 4) is 0 Å². The predicted octanol–water partition coefficient (Wildman–Crippen LogP) is 2.81. The Labute approximate surface area is 163 Å². The number of hydrogen-bond acceptors (Lipinski definition) is 3. The fourth-order valence-corrected chi connectivity index (χ4v) is 3.54. The van der Waals surface area contributed by atoms with Gasteiger partial charge in [0.1, 0.15) is 6.04 Å². The van der Waals surface area contributed by atoms with Crippen LogP contribution < -0.4 is 10.6 Å². The molecule has 1 heterocycles. The maximum Gasteiger partial charge on any atom is 0.251 e. The van der Waals surface area contributed by atoms with Gasteiger partial charge in [0.25, 0.3) is 5.91 Å². The molecule has 1 aliphatic rings. The molecule has 1 aromatic rings. The second-order valence-electron chi connectivity index (χ2n) is 9.02. The predicted molar refractivity (Wildman–Crippen MR) is 110 cm³/mol. The number of rotatable bonds is 6. The minimum Gasteiger partial charge on any atom is -0.341 e. The molecule has 5 nitrogen and oxygen atoms in total. The summed E-state index contributed by atoms with van der Waals surface area (Å²) in [6.07, 6.45) is 1.01. The Hall–Kier alpha value is -1.88. The molecular weight excluding hydrogens is 338 g/mol. The van der Waals surface area contributed by atoms with Crippen molar-refractivity contribution >= 4 is 11.8 Å². The van der Waals surface area contributed by atoms with Gasteiger partial charge in [-0.2, -0.15) is 0 Å². The summed E-state index contributed by atoms with van der Waals surface area (Å²) in [6, 6.07) is 7.18. The first-order valence-electron chi connectivity index (χ1n) is 9.98. The van der Waals surface area contributed by atoms with Gasteiger partial charge in [0.15, 0.2) is 0 Å². The molecule has 2 unspecified atom stereocenters. The SMILES string of the molecule is CNCC1CCN(C(=O)C(NC(=O)c2ccc(C(C)(C)C)cc2)C(C)C)C1. The zero-order valence-electron chi connectivity index (χ0n) is 17.6. The molecule has 0 radical (unpaired) electrons. The Kier molecular flexibility index (Phi) is 7.04. The highest BCUT2D eigenvalue weighted by molar-refractivity contribution is 5.97. The molecule has 0 aliphatic carbocycles. The number of likely N-dealkylation sites (tertiary alicyclic amines) is 1. The summed E-state index contributed by atoms with van der Waals surface area (Å²) in [5, 5.41) is 6.15. The van der Waals surface area contributed by atoms with Crippen LogP contribution in [0.3, 0.4) is 0 Å². The van der Waals surface area contributed by atoms with E-state index >= 15 is 0 Å². The lowest BCUT2D eigenvalue weighted by atomic mass is 9.86. The number of amides is 2. The summed E-state index contributed by atoms with van der Waals surface area (Å²) in [6.45, 7) is 12.8. The lowest BCUT2D eigenvalue weighted by Crippen LogP contribution is -2.50. The maximum atomic E-state index is 13.0. The third-order valence-electron chi connectivity index (χ3n) is 5.32. The van der Waals surface area contributed by atoms with E-state index < -0.39 is 6.04 Å². The number of carbonyl (C=O) groups is 2. The van der Waals surface area contributed by atoms with Gasteiger partial charge in [-0.15, -0.1) is 0 Å². The van der Waals surface area contributed by atoms with Crippen molar-refractivity contribution in [2.24, 2.45) is 11.8 Å². The van der Waals surface area contributed by atoms with E-state index in [0.717, 1.165) is 26.1 Å². The van der Waals surface area contributed by atoms with Gasteiger partial charge < -0.3 is 15.5 Å². The molecule has 2 amide bonds. The van der Waals surface area contributed by atoms with Crippen molar-refractivity contribution in [3.63, 3.8) is 0 Å². The lowest BCUT2D eigenvalue weighted by Gasteiger charge is -2.27. The highest BCUT2D eigenvalue weighted by atomic mass is 16.2. The third-order valence-corrected chi connectivity index (χ3v) is 5.32. The number of benzene rings is 1. The van der Waals surface area contributed by atoms with Crippen LogP contribution in [0.1, 0.15) is 57.0 Å². The summed E-state index contributed by atoms with van der Waals surface area (Å²) in [5.41, 5.74) is 1.82. The van der Waals surface area contributed by atoms with Crippen LogP contribution in [0, 0.1) is 11.8 Å². The van der Waals surface area contributed by atoms with Crippen molar-refractivity contribution in [3.05, 3.63) is 35.4 Å². The van der Waals surface area contributed by atoms with Crippen molar-refractivity contribution in [2.45, 2.75) is 52.5 Å². The molecule has 0 aromatic heterocycles. The fraction of sp³-hybridized carbons (Fsp3) is 0.636. The van der Waals surface area contributed by atoms with Gasteiger partial charge in [0, 0.05) is 18.7 Å². The van der Waals surface area contributed by atoms with E-state index in [1.165, 1.54) is 5.56 Å². The zero-order valence-corrected chi connectivity index (χ0v) is 17.6. The number of nitrogens with one attached hydrogen (secondary N) is 2. The summed E-state index contributed by atoms with van der Waals surface area (Å²) >= 11 is 0. The molecule has 1 aliphatic heterocycles. The Balaban J connectivity index is 2.05. The van der Waals surface area contributed by atoms with Crippen molar-refractivity contribution < 1.29 is 9.59 Å². The van der Waals surface area contributed by atoms with E-state index in [9.17, 15) is 9.59 Å². The average Bonchev–Trinajstić information content (AvgIpc) is 3.07. The average molecular weight is 374 g/mol. The maximum absolute atomic E-state index is 13.0. The number of carbonyl (C=O) groups excluding carboxylic acids is 2. The van der Waals surface area contributed by atoms with Crippen LogP contribution >= 0.6 is 0 Å². The minimum atomic E-state index is -0.492. The first kappa shape index (κ1) is 21.4. The standard InChI is InChI=1S/C22H35N3O2/c1-15(2)19(21(27)25-12-11-16(14-25)13-23-6)24-20(26)17-7-9-18(10-8-17)22(3,4)5/h7-10,15-16,19,23H,11-14H2,1-6H3,(H,24,26). The first-order valence-corrected chi connectivity index (χ1v) is 9.98. The van der Waals surface area contributed by atoms with Gasteiger partial charge >= 0.3 is 0 Å². The van der Waals surface area contributed by atoms with E-state index in [2.05, 4.69) is 31.4 Å². The van der Waals surface area contributed by atoms with Crippen LogP contribution in [0.2, 0.25) is 0 Å². The Morgan fingerprint density at radius 2 is 1.81 bits per heavy atom. The number of nitrogens with zero attached hydrogens (tertiary/aromatic N) is 1. The van der Waals surface area contributed by atoms with Gasteiger partial charge in [-0.25, -0.2) is 0 Å². The molecule has 2 rings (SSSR count). The minimum absolute atomic E-state index is 0.0308. The molecule has 2 atom stereocenters. The molecule has 0 bridgehead atoms. The quantitative estimate of drug-likeness (QED) is 0.806. The van der Waals surface area contributed by atoms with Crippen LogP contribution in [0.25, 0.3) is 0 Å². The highest BCUT2D eigenvalue weighted by Gasteiger charge is 2.33. The summed E-state index contributed by atoms with van der Waals surface area (Å²) in [5.74, 6) is 0.378. The zero-order chi connectivity index (χ0) is 20.2. The van der Waals surface area contributed by atoms with Gasteiger partial charge in [0.05, 0.1) is 0 Å². The fourth-order valence-electron chi connectivity index (χ4n) is 3.54. The third kappa shape index (κ3) is 5.55. The van der Waals surface area contributed by atoms with Crippen molar-refractivity contribution in [1.82, 2.24) is 15.5 Å². The van der Waals surface area contributed by atoms with Gasteiger partial charge in [-0.05, 0) is 55.0 Å². The topological polar surface area (TPSA) is 61.4 Å². The van der Waals surface area contributed by atoms with Crippen molar-refractivity contribution in [2.75, 3.05) is 26.7 Å². The molecule has 27 heavy (non-hydrogen) atoms. The second kappa shape index (κ2) is 8.87. The second-order valence-corrected chi connectivity index (χ2v) is 9.02. The largest absolute Gasteiger partial charge is 0.341 e. The van der Waals surface area contributed by atoms with Gasteiger partial charge in [0.2, 0.25) is 5.91 Å². The van der Waals surface area contributed by atoms with E-state index in [0.29, 0.717) is 11.5 Å². The Morgan fingerprint density at radius 1 is 1.19 bits per heavy atom. The molecule has 0 saturated carbocycles. The molecule has 5 heteroatoms. The van der Waals surface area contributed by atoms with Crippen molar-refractivity contribution in [1.29, 1.82) is 0 Å². The normalized spacial score (nSPS) is 18.6. The first-order chi connectivity index (χ1) is 12.6. The van der Waals surface area contributed by atoms with Crippen LogP contribution in [0.5, 0.6) is 0 Å². The van der Waals surface area contributed by atoms with Crippen LogP contribution in [-0.4, -0.2) is 49.4 Å². The molecule has 150 valence electrons. The Morgan fingerprint density at radius 3 is 2.33 bits per heavy atom. The molecule has 1 fully saturated rings. The van der Waals surface area contributed by atoms with E-state index in [1.54, 1.807) is 0 Å². The van der Waals surface area contributed by atoms with Crippen LogP contribution in [-0.2, 0) is 10.2 Å². The molecule has 1 aromatic carbocycles. The highest BCUT2D eigenvalue weighted by Crippen LogP contribution is 2.22. The molecule has 1 saturated heterocycles. The molecular formula is C22H35N3O2. The Bertz CT molecular complexity index is 647. The van der Waals surface area contributed by atoms with Crippen LogP contribution in [0.4, 0.5) is 0 Å². The molecule has 0 spiro atoms. The summed E-state index contributed by atoms with van der Waals surface area (Å²) in [7, 11) is 1.94. The lowest BCUT2D eigenvalue weighted by molar-refractivity contribution is -0.133. The van der Waals surface area contributed by atoms with Crippen LogP contribution in [0.15, 0.2) is 24.3 Å². The smallest absolute Gasteiger partial charge is 0.251 e. The summed E-state index contributed by atoms with van der Waals surface area (Å²) < 4.78 is 0. The van der Waals surface area contributed by atoms with E-state index in [4.69, 9.17) is 0 Å². The van der Waals surface area contributed by atoms with Gasteiger partial charge in [-0.1, -0.05) is 46.8 Å². The number of hydrogen-bond donors (Lipinski definition) is 2. The molecule has 2 N–H and O–H groups in total. The summed E-state index contributed by atoms with van der Waals surface area (Å²) in [4.78, 5) is 27.6. The van der Waals surface area contributed by atoms with E-state index in [-0.39, 0.29) is 23.1 Å².